The number of carbonyl (C=O) groups is 1. The number of carbonyl (C=O) groups excluding carboxylic acids is 1. The second-order valence-electron chi connectivity index (χ2n) is 5.53. The first-order chi connectivity index (χ1) is 12.0. The maximum Gasteiger partial charge on any atom is 0.260 e. The average molecular weight is 368 g/mol. The van der Waals surface area contributed by atoms with E-state index in [9.17, 15) is 10.1 Å². The number of allylic oxidation sites excluding steroid dienone is 2. The zero-order valence-corrected chi connectivity index (χ0v) is 14.4. The molecule has 0 saturated heterocycles. The Bertz CT molecular complexity index is 1060. The molecule has 0 spiro atoms. The minimum absolute atomic E-state index is 0.00328. The lowest BCUT2D eigenvalue weighted by molar-refractivity contribution is 0.100. The molecule has 2 atom stereocenters. The number of thiophene rings is 1. The summed E-state index contributed by atoms with van der Waals surface area (Å²) in [4.78, 5) is 21.3. The van der Waals surface area contributed by atoms with Gasteiger partial charge in [-0.3, -0.25) is 9.79 Å². The Kier molecular flexibility index (Phi) is 3.52. The number of thioether (sulfide) groups is 1. The standard InChI is InChI=1S/C16H12N6OS2/c17-5-6-9(15-21-7-3-1-2-4-8(7)24-15)10-11(18)12(14(20)23)25-16(10)22-13(6)19/h1-4,7-8H,18H2,(H2,19,22)(H2,20,23). The fourth-order valence-corrected chi connectivity index (χ4v) is 5.09. The SMILES string of the molecule is N#Cc1c(N)nc2sc(C(N)=O)c(N)c2c1C1=NC2C=CC=CC2S1. The summed E-state index contributed by atoms with van der Waals surface area (Å²) in [5.74, 6) is -0.546. The maximum atomic E-state index is 11.6. The van der Waals surface area contributed by atoms with Crippen molar-refractivity contribution in [2.75, 3.05) is 11.5 Å². The molecule has 6 N–H and O–H groups in total. The first-order valence-corrected chi connectivity index (χ1v) is 9.02. The van der Waals surface area contributed by atoms with E-state index >= 15 is 0 Å². The Morgan fingerprint density at radius 2 is 2.04 bits per heavy atom. The number of nitrogen functional groups attached to an aromatic ring is 2. The van der Waals surface area contributed by atoms with Gasteiger partial charge in [0.2, 0.25) is 0 Å². The Morgan fingerprint density at radius 1 is 1.28 bits per heavy atom. The third-order valence-corrected chi connectivity index (χ3v) is 6.38. The normalized spacial score (nSPS) is 21.2. The van der Waals surface area contributed by atoms with Crippen LogP contribution in [-0.2, 0) is 0 Å². The number of aromatic nitrogens is 1. The number of fused-ring (bicyclic) bond motifs is 2. The van der Waals surface area contributed by atoms with Crippen LogP contribution < -0.4 is 17.2 Å². The van der Waals surface area contributed by atoms with E-state index in [2.05, 4.69) is 17.1 Å². The zero-order valence-electron chi connectivity index (χ0n) is 12.8. The molecule has 0 fully saturated rings. The van der Waals surface area contributed by atoms with E-state index in [4.69, 9.17) is 22.2 Å². The van der Waals surface area contributed by atoms with Crippen LogP contribution in [0, 0.1) is 11.3 Å². The van der Waals surface area contributed by atoms with Gasteiger partial charge < -0.3 is 17.2 Å². The van der Waals surface area contributed by atoms with Gasteiger partial charge in [-0.2, -0.15) is 5.26 Å². The maximum absolute atomic E-state index is 11.6. The molecule has 25 heavy (non-hydrogen) atoms. The van der Waals surface area contributed by atoms with Crippen molar-refractivity contribution in [3.8, 4) is 6.07 Å². The van der Waals surface area contributed by atoms with Crippen molar-refractivity contribution in [2.45, 2.75) is 11.3 Å². The van der Waals surface area contributed by atoms with Crippen molar-refractivity contribution >= 4 is 55.8 Å². The van der Waals surface area contributed by atoms with Crippen LogP contribution in [0.3, 0.4) is 0 Å². The molecular weight excluding hydrogens is 356 g/mol. The van der Waals surface area contributed by atoms with E-state index in [1.54, 1.807) is 0 Å². The van der Waals surface area contributed by atoms with Gasteiger partial charge in [-0.1, -0.05) is 36.1 Å². The van der Waals surface area contributed by atoms with E-state index in [-0.39, 0.29) is 33.2 Å². The lowest BCUT2D eigenvalue weighted by Crippen LogP contribution is -2.13. The predicted octanol–water partition coefficient (Wildman–Crippen LogP) is 1.79. The fourth-order valence-electron chi connectivity index (χ4n) is 2.90. The number of pyridine rings is 1. The van der Waals surface area contributed by atoms with Crippen LogP contribution >= 0.6 is 23.1 Å². The molecule has 4 rings (SSSR count). The number of primary amides is 1. The summed E-state index contributed by atoms with van der Waals surface area (Å²) < 4.78 is 0. The van der Waals surface area contributed by atoms with Gasteiger partial charge in [0.15, 0.2) is 0 Å². The lowest BCUT2D eigenvalue weighted by atomic mass is 10.1. The van der Waals surface area contributed by atoms with Gasteiger partial charge in [0.05, 0.1) is 17.0 Å². The number of aliphatic imine (C=N–C) groups is 1. The van der Waals surface area contributed by atoms with E-state index < -0.39 is 5.91 Å². The first kappa shape index (κ1) is 15.7. The molecule has 0 saturated carbocycles. The molecule has 2 unspecified atom stereocenters. The fraction of sp³-hybridized carbons (Fsp3) is 0.125. The number of hydrogen-bond donors (Lipinski definition) is 3. The van der Waals surface area contributed by atoms with Gasteiger partial charge in [0, 0.05) is 10.9 Å². The molecule has 2 aromatic rings. The molecule has 2 aromatic heterocycles. The van der Waals surface area contributed by atoms with E-state index in [0.29, 0.717) is 20.8 Å². The molecule has 2 aliphatic rings. The van der Waals surface area contributed by atoms with Crippen LogP contribution in [0.25, 0.3) is 10.2 Å². The molecule has 1 amide bonds. The molecule has 9 heteroatoms. The summed E-state index contributed by atoms with van der Waals surface area (Å²) in [5, 5.41) is 10.9. The second-order valence-corrected chi connectivity index (χ2v) is 7.69. The van der Waals surface area contributed by atoms with Crippen molar-refractivity contribution in [3.63, 3.8) is 0 Å². The van der Waals surface area contributed by atoms with Crippen LogP contribution in [0.1, 0.15) is 20.8 Å². The van der Waals surface area contributed by atoms with Crippen LogP contribution in [0.5, 0.6) is 0 Å². The van der Waals surface area contributed by atoms with Gasteiger partial charge >= 0.3 is 0 Å². The number of nitriles is 1. The molecule has 0 radical (unpaired) electrons. The summed E-state index contributed by atoms with van der Waals surface area (Å²) in [6.07, 6.45) is 7.98. The Balaban J connectivity index is 2.02. The average Bonchev–Trinajstić information content (AvgIpc) is 3.15. The molecule has 3 heterocycles. The largest absolute Gasteiger partial charge is 0.397 e. The van der Waals surface area contributed by atoms with Crippen molar-refractivity contribution in [1.82, 2.24) is 4.98 Å². The molecule has 124 valence electrons. The summed E-state index contributed by atoms with van der Waals surface area (Å²) in [6, 6.07) is 2.09. The number of amides is 1. The summed E-state index contributed by atoms with van der Waals surface area (Å²) >= 11 is 2.61. The Labute approximate surface area is 150 Å². The van der Waals surface area contributed by atoms with Crippen molar-refractivity contribution in [1.29, 1.82) is 5.26 Å². The van der Waals surface area contributed by atoms with Gasteiger partial charge in [0.1, 0.15) is 32.2 Å². The third-order valence-electron chi connectivity index (χ3n) is 4.02. The minimum atomic E-state index is -0.635. The summed E-state index contributed by atoms with van der Waals surface area (Å²) in [6.45, 7) is 0. The molecule has 1 aliphatic carbocycles. The van der Waals surface area contributed by atoms with Crippen LogP contribution in [0.15, 0.2) is 29.3 Å². The van der Waals surface area contributed by atoms with Crippen molar-refractivity contribution < 1.29 is 4.79 Å². The molecule has 1 aliphatic heterocycles. The topological polar surface area (TPSA) is 144 Å². The van der Waals surface area contributed by atoms with Crippen molar-refractivity contribution in [3.05, 3.63) is 40.3 Å². The number of rotatable bonds is 2. The Hall–Kier alpha value is -2.83. The number of anilines is 2. The smallest absolute Gasteiger partial charge is 0.260 e. The Morgan fingerprint density at radius 3 is 2.72 bits per heavy atom. The highest BCUT2D eigenvalue weighted by molar-refractivity contribution is 8.15. The summed E-state index contributed by atoms with van der Waals surface area (Å²) in [7, 11) is 0. The van der Waals surface area contributed by atoms with E-state index in [1.807, 2.05) is 18.2 Å². The molecule has 0 bridgehead atoms. The number of hydrogen-bond acceptors (Lipinski definition) is 8. The quantitative estimate of drug-likeness (QED) is 0.737. The highest BCUT2D eigenvalue weighted by Crippen LogP contribution is 2.42. The highest BCUT2D eigenvalue weighted by Gasteiger charge is 2.33. The van der Waals surface area contributed by atoms with Gasteiger partial charge in [-0.15, -0.1) is 11.3 Å². The van der Waals surface area contributed by atoms with Gasteiger partial charge in [0.25, 0.3) is 5.91 Å². The molecule has 7 nitrogen and oxygen atoms in total. The number of nitrogens with two attached hydrogens (primary N) is 3. The van der Waals surface area contributed by atoms with Gasteiger partial charge in [-0.05, 0) is 0 Å². The molecule has 0 aromatic carbocycles. The highest BCUT2D eigenvalue weighted by atomic mass is 32.2. The van der Waals surface area contributed by atoms with Crippen molar-refractivity contribution in [2.24, 2.45) is 10.7 Å². The first-order valence-electron chi connectivity index (χ1n) is 7.32. The zero-order chi connectivity index (χ0) is 17.7. The lowest BCUT2D eigenvalue weighted by Gasteiger charge is -2.11. The van der Waals surface area contributed by atoms with Crippen LogP contribution in [0.4, 0.5) is 11.5 Å². The summed E-state index contributed by atoms with van der Waals surface area (Å²) in [5.41, 5.74) is 18.5. The van der Waals surface area contributed by atoms with Gasteiger partial charge in [-0.25, -0.2) is 4.98 Å². The number of nitrogens with zero attached hydrogens (tertiary/aromatic N) is 3. The third kappa shape index (κ3) is 2.30. The van der Waals surface area contributed by atoms with E-state index in [0.717, 1.165) is 11.3 Å². The van der Waals surface area contributed by atoms with Crippen LogP contribution in [0.2, 0.25) is 0 Å². The predicted molar refractivity (Wildman–Crippen MR) is 102 cm³/mol. The monoisotopic (exact) mass is 368 g/mol. The second kappa shape index (κ2) is 5.61. The molecular formula is C16H12N6OS2. The van der Waals surface area contributed by atoms with Crippen LogP contribution in [-0.4, -0.2) is 27.2 Å². The van der Waals surface area contributed by atoms with E-state index in [1.165, 1.54) is 11.8 Å². The minimum Gasteiger partial charge on any atom is -0.397 e.